The maximum absolute atomic E-state index is 13.0. The summed E-state index contributed by atoms with van der Waals surface area (Å²) in [6.45, 7) is 8.33. The molecule has 0 radical (unpaired) electrons. The highest BCUT2D eigenvalue weighted by atomic mass is 16.5. The largest absolute Gasteiger partial charge is 0.484 e. The van der Waals surface area contributed by atoms with Gasteiger partial charge in [0.05, 0.1) is 17.3 Å². The highest BCUT2D eigenvalue weighted by Gasteiger charge is 2.45. The second-order valence-electron chi connectivity index (χ2n) is 9.40. The third-order valence-electron chi connectivity index (χ3n) is 6.61. The van der Waals surface area contributed by atoms with E-state index in [9.17, 15) is 9.59 Å². The lowest BCUT2D eigenvalue weighted by molar-refractivity contribution is -0.129. The fraction of sp³-hybridized carbons (Fsp3) is 0.346. The monoisotopic (exact) mass is 489 g/mol. The summed E-state index contributed by atoms with van der Waals surface area (Å²) in [5, 5.41) is 15.9. The van der Waals surface area contributed by atoms with Crippen molar-refractivity contribution in [2.45, 2.75) is 40.2 Å². The van der Waals surface area contributed by atoms with Gasteiger partial charge in [0.25, 0.3) is 5.91 Å². The minimum absolute atomic E-state index is 0.0873. The Hall–Kier alpha value is -3.89. The van der Waals surface area contributed by atoms with E-state index < -0.39 is 6.29 Å². The van der Waals surface area contributed by atoms with Gasteiger partial charge in [0.15, 0.2) is 12.9 Å². The van der Waals surface area contributed by atoms with Crippen LogP contribution in [0.25, 0.3) is 0 Å². The molecule has 4 N–H and O–H groups in total. The lowest BCUT2D eigenvalue weighted by Gasteiger charge is -2.37. The van der Waals surface area contributed by atoms with Crippen LogP contribution in [0.4, 0.5) is 11.5 Å². The van der Waals surface area contributed by atoms with Gasteiger partial charge in [-0.25, -0.2) is 10.1 Å². The van der Waals surface area contributed by atoms with Crippen LogP contribution in [0.5, 0.6) is 5.75 Å². The molecule has 2 amide bonds. The number of nitrogens with one attached hydrogen (secondary N) is 4. The number of hydrazine groups is 1. The number of aromatic nitrogens is 2. The molecular formula is C26H31N7O3. The van der Waals surface area contributed by atoms with E-state index >= 15 is 0 Å². The van der Waals surface area contributed by atoms with Crippen LogP contribution in [0, 0.1) is 33.6 Å². The molecular weight excluding hydrogens is 458 g/mol. The number of rotatable bonds is 6. The third-order valence-corrected chi connectivity index (χ3v) is 6.61. The van der Waals surface area contributed by atoms with Crippen molar-refractivity contribution in [3.63, 3.8) is 0 Å². The molecule has 3 aromatic rings. The summed E-state index contributed by atoms with van der Waals surface area (Å²) < 4.78 is 7.19. The molecule has 3 atom stereocenters. The quantitative estimate of drug-likeness (QED) is 0.420. The fourth-order valence-electron chi connectivity index (χ4n) is 4.49. The van der Waals surface area contributed by atoms with Gasteiger partial charge in [-0.2, -0.15) is 5.10 Å². The molecule has 1 aromatic heterocycles. The van der Waals surface area contributed by atoms with Crippen molar-refractivity contribution in [1.29, 1.82) is 0 Å². The van der Waals surface area contributed by atoms with E-state index in [1.165, 1.54) is 11.1 Å². The number of carbonyl (C=O) groups is 2. The number of fused-ring (bicyclic) bond motifs is 1. The number of aryl methyl sites for hydroxylation is 4. The molecule has 5 rings (SSSR count). The van der Waals surface area contributed by atoms with Gasteiger partial charge in [0.2, 0.25) is 5.91 Å². The van der Waals surface area contributed by atoms with Gasteiger partial charge in [-0.15, -0.1) is 0 Å². The van der Waals surface area contributed by atoms with Gasteiger partial charge in [-0.05, 0) is 63.1 Å². The number of hydrogen-bond acceptors (Lipinski definition) is 7. The van der Waals surface area contributed by atoms with E-state index in [2.05, 4.69) is 52.5 Å². The molecule has 2 saturated heterocycles. The molecule has 2 aromatic carbocycles. The summed E-state index contributed by atoms with van der Waals surface area (Å²) in [5.74, 6) is 0.394. The van der Waals surface area contributed by atoms with Crippen molar-refractivity contribution in [2.75, 3.05) is 23.5 Å². The molecule has 10 nitrogen and oxygen atoms in total. The second kappa shape index (κ2) is 9.63. The van der Waals surface area contributed by atoms with Crippen LogP contribution in [0.3, 0.4) is 0 Å². The standard InChI is InChI=1S/C26H31N7O3/c1-15-5-9-20(10-6-15)36-14-23(34)28-22-12-18(4)31-33(22)26-29-24-21(25(35)30-26)13-27-32(24)19-8-7-16(2)17(3)11-19/h5-12,21,24,26-27,29H,13-14H2,1-4H3,(H,28,34)(H,30,35). The number of anilines is 2. The highest BCUT2D eigenvalue weighted by molar-refractivity contribution is 5.91. The predicted octanol–water partition coefficient (Wildman–Crippen LogP) is 2.28. The van der Waals surface area contributed by atoms with Gasteiger partial charge in [0, 0.05) is 12.6 Å². The van der Waals surface area contributed by atoms with E-state index in [0.717, 1.165) is 11.3 Å². The third kappa shape index (κ3) is 4.77. The first kappa shape index (κ1) is 23.8. The Morgan fingerprint density at radius 3 is 2.61 bits per heavy atom. The second-order valence-corrected chi connectivity index (χ2v) is 9.40. The summed E-state index contributed by atoms with van der Waals surface area (Å²) >= 11 is 0. The Morgan fingerprint density at radius 2 is 1.86 bits per heavy atom. The average molecular weight is 490 g/mol. The zero-order valence-electron chi connectivity index (χ0n) is 20.8. The summed E-state index contributed by atoms with van der Waals surface area (Å²) in [4.78, 5) is 25.7. The van der Waals surface area contributed by atoms with Crippen molar-refractivity contribution >= 4 is 23.3 Å². The Balaban J connectivity index is 1.31. The molecule has 3 unspecified atom stereocenters. The summed E-state index contributed by atoms with van der Waals surface area (Å²) in [6.07, 6.45) is -0.932. The van der Waals surface area contributed by atoms with Crippen LogP contribution in [0.15, 0.2) is 48.5 Å². The minimum Gasteiger partial charge on any atom is -0.484 e. The molecule has 188 valence electrons. The van der Waals surface area contributed by atoms with Crippen LogP contribution in [-0.2, 0) is 9.59 Å². The van der Waals surface area contributed by atoms with E-state index in [1.54, 1.807) is 10.7 Å². The Morgan fingerprint density at radius 1 is 1.08 bits per heavy atom. The smallest absolute Gasteiger partial charge is 0.263 e. The molecule has 2 aliphatic heterocycles. The molecule has 10 heteroatoms. The van der Waals surface area contributed by atoms with Crippen LogP contribution in [0.2, 0.25) is 0 Å². The topological polar surface area (TPSA) is 113 Å². The maximum atomic E-state index is 13.0. The average Bonchev–Trinajstić information content (AvgIpc) is 3.44. The Bertz CT molecular complexity index is 1290. The molecule has 0 saturated carbocycles. The maximum Gasteiger partial charge on any atom is 0.263 e. The lowest BCUT2D eigenvalue weighted by atomic mass is 10.0. The van der Waals surface area contributed by atoms with Crippen molar-refractivity contribution in [2.24, 2.45) is 5.92 Å². The van der Waals surface area contributed by atoms with Crippen molar-refractivity contribution in [3.05, 3.63) is 70.9 Å². The van der Waals surface area contributed by atoms with Crippen molar-refractivity contribution in [3.8, 4) is 5.75 Å². The number of benzene rings is 2. The fourth-order valence-corrected chi connectivity index (χ4v) is 4.49. The van der Waals surface area contributed by atoms with Gasteiger partial charge >= 0.3 is 0 Å². The molecule has 0 spiro atoms. The molecule has 2 aliphatic rings. The summed E-state index contributed by atoms with van der Waals surface area (Å²) in [5.41, 5.74) is 8.53. The summed E-state index contributed by atoms with van der Waals surface area (Å²) in [7, 11) is 0. The zero-order chi connectivity index (χ0) is 25.4. The van der Waals surface area contributed by atoms with Crippen LogP contribution < -0.4 is 31.1 Å². The van der Waals surface area contributed by atoms with Crippen molar-refractivity contribution in [1.82, 2.24) is 25.8 Å². The van der Waals surface area contributed by atoms with Gasteiger partial charge in [-0.3, -0.25) is 19.9 Å². The zero-order valence-corrected chi connectivity index (χ0v) is 20.8. The summed E-state index contributed by atoms with van der Waals surface area (Å²) in [6, 6.07) is 15.5. The highest BCUT2D eigenvalue weighted by Crippen LogP contribution is 2.29. The van der Waals surface area contributed by atoms with Gasteiger partial charge in [0.1, 0.15) is 17.7 Å². The van der Waals surface area contributed by atoms with Crippen LogP contribution >= 0.6 is 0 Å². The SMILES string of the molecule is Cc1ccc(OCC(=O)Nc2cc(C)nn2C2NC(=O)C3CNN(c4ccc(C)c(C)c4)C3N2)cc1. The Labute approximate surface area is 210 Å². The first-order valence-corrected chi connectivity index (χ1v) is 12.0. The number of hydrogen-bond donors (Lipinski definition) is 4. The number of carbonyl (C=O) groups excluding carboxylic acids is 2. The minimum atomic E-state index is -0.644. The van der Waals surface area contributed by atoms with Crippen LogP contribution in [0.1, 0.15) is 28.7 Å². The van der Waals surface area contributed by atoms with Gasteiger partial charge in [-0.1, -0.05) is 23.8 Å². The lowest BCUT2D eigenvalue weighted by Crippen LogP contribution is -2.61. The number of ether oxygens (including phenoxy) is 1. The van der Waals surface area contributed by atoms with E-state index in [-0.39, 0.29) is 30.5 Å². The molecule has 0 aliphatic carbocycles. The number of amides is 2. The molecule has 0 bridgehead atoms. The van der Waals surface area contributed by atoms with E-state index in [0.29, 0.717) is 23.8 Å². The predicted molar refractivity (Wildman–Crippen MR) is 136 cm³/mol. The molecule has 3 heterocycles. The Kier molecular flexibility index (Phi) is 6.38. The molecule has 36 heavy (non-hydrogen) atoms. The van der Waals surface area contributed by atoms with E-state index in [4.69, 9.17) is 4.74 Å². The number of nitrogens with zero attached hydrogens (tertiary/aromatic N) is 3. The van der Waals surface area contributed by atoms with Gasteiger partial charge < -0.3 is 15.4 Å². The van der Waals surface area contributed by atoms with Crippen LogP contribution in [-0.4, -0.2) is 40.9 Å². The first-order valence-electron chi connectivity index (χ1n) is 12.0. The van der Waals surface area contributed by atoms with Crippen molar-refractivity contribution < 1.29 is 14.3 Å². The first-order chi connectivity index (χ1) is 17.3. The molecule has 2 fully saturated rings. The van der Waals surface area contributed by atoms with E-state index in [1.807, 2.05) is 49.2 Å². The normalized spacial score (nSPS) is 21.2.